The van der Waals surface area contributed by atoms with Crippen LogP contribution in [0.1, 0.15) is 35.6 Å². The highest BCUT2D eigenvalue weighted by Gasteiger charge is 2.46. The predicted molar refractivity (Wildman–Crippen MR) is 94.8 cm³/mol. The molecular formula is C19H15ClF4N2O2. The van der Waals surface area contributed by atoms with Crippen molar-refractivity contribution in [3.8, 4) is 0 Å². The van der Waals surface area contributed by atoms with E-state index in [0.29, 0.717) is 6.42 Å². The van der Waals surface area contributed by atoms with Crippen LogP contribution < -0.4 is 10.9 Å². The number of alkyl halides is 3. The summed E-state index contributed by atoms with van der Waals surface area (Å²) in [5.74, 6) is -2.25. The molecule has 9 heteroatoms. The Morgan fingerprint density at radius 3 is 2.68 bits per heavy atom. The lowest BCUT2D eigenvalue weighted by molar-refractivity contribution is -0.137. The Bertz CT molecular complexity index is 1020. The third-order valence-corrected chi connectivity index (χ3v) is 5.93. The first-order valence-electron chi connectivity index (χ1n) is 8.74. The van der Waals surface area contributed by atoms with Crippen LogP contribution in [0.25, 0.3) is 0 Å². The average Bonchev–Trinajstić information content (AvgIpc) is 2.92. The molecule has 4 rings (SSSR count). The van der Waals surface area contributed by atoms with Crippen LogP contribution in [0.4, 0.5) is 23.2 Å². The number of hydrogen-bond donors (Lipinski definition) is 2. The minimum absolute atomic E-state index is 0.0245. The largest absolute Gasteiger partial charge is 0.417 e. The Balaban J connectivity index is 1.61. The monoisotopic (exact) mass is 414 g/mol. The van der Waals surface area contributed by atoms with E-state index in [1.165, 1.54) is 6.07 Å². The van der Waals surface area contributed by atoms with E-state index in [1.807, 2.05) is 0 Å². The molecule has 1 saturated carbocycles. The molecule has 2 N–H and O–H groups in total. The predicted octanol–water partition coefficient (Wildman–Crippen LogP) is 4.49. The van der Waals surface area contributed by atoms with Gasteiger partial charge in [0.1, 0.15) is 5.82 Å². The molecule has 148 valence electrons. The molecule has 3 atom stereocenters. The number of aromatic nitrogens is 1. The van der Waals surface area contributed by atoms with Crippen LogP contribution in [-0.2, 0) is 17.4 Å². The summed E-state index contributed by atoms with van der Waals surface area (Å²) < 4.78 is 52.7. The van der Waals surface area contributed by atoms with E-state index in [-0.39, 0.29) is 29.1 Å². The summed E-state index contributed by atoms with van der Waals surface area (Å²) >= 11 is 5.63. The van der Waals surface area contributed by atoms with Crippen LogP contribution in [0.5, 0.6) is 0 Å². The van der Waals surface area contributed by atoms with Crippen molar-refractivity contribution in [3.63, 3.8) is 0 Å². The molecule has 0 aliphatic heterocycles. The molecule has 4 nitrogen and oxygen atoms in total. The summed E-state index contributed by atoms with van der Waals surface area (Å²) in [4.78, 5) is 27.2. The van der Waals surface area contributed by atoms with Gasteiger partial charge in [-0.15, -0.1) is 0 Å². The van der Waals surface area contributed by atoms with Crippen LogP contribution in [0.2, 0.25) is 5.02 Å². The van der Waals surface area contributed by atoms with E-state index in [4.69, 9.17) is 11.6 Å². The molecular weight excluding hydrogens is 400 g/mol. The van der Waals surface area contributed by atoms with Gasteiger partial charge < -0.3 is 10.3 Å². The van der Waals surface area contributed by atoms with Crippen molar-refractivity contribution in [2.75, 3.05) is 5.32 Å². The van der Waals surface area contributed by atoms with Gasteiger partial charge in [-0.25, -0.2) is 4.39 Å². The number of amides is 1. The highest BCUT2D eigenvalue weighted by molar-refractivity contribution is 6.31. The zero-order valence-electron chi connectivity index (χ0n) is 14.4. The fourth-order valence-electron chi connectivity index (χ4n) is 4.44. The van der Waals surface area contributed by atoms with E-state index in [1.54, 1.807) is 6.07 Å². The molecule has 1 fully saturated rings. The maximum atomic E-state index is 14.2. The number of halogens is 5. The zero-order chi connectivity index (χ0) is 20.2. The molecule has 28 heavy (non-hydrogen) atoms. The smallest absolute Gasteiger partial charge is 0.326 e. The van der Waals surface area contributed by atoms with Crippen LogP contribution in [0, 0.1) is 17.7 Å². The lowest BCUT2D eigenvalue weighted by Crippen LogP contribution is -2.35. The minimum atomic E-state index is -4.79. The summed E-state index contributed by atoms with van der Waals surface area (Å²) in [7, 11) is 0. The van der Waals surface area contributed by atoms with Crippen LogP contribution >= 0.6 is 11.6 Å². The first-order chi connectivity index (χ1) is 13.1. The molecule has 2 aliphatic rings. The molecule has 0 spiro atoms. The standard InChI is InChI=1S/C19H15ClF4N2O2/c20-12-7-15(13(21)6-11(12)19(22,23)24)26-18(28)17-8-1-2-10(17)9-3-4-16(27)25-14(9)5-8/h3-4,6-8,10,17H,1-2,5H2,(H,25,27)(H,26,28). The van der Waals surface area contributed by atoms with Crippen LogP contribution in [0.3, 0.4) is 0 Å². The number of carbonyl (C=O) groups is 1. The van der Waals surface area contributed by atoms with Crippen molar-refractivity contribution in [3.05, 3.63) is 62.3 Å². The summed E-state index contributed by atoms with van der Waals surface area (Å²) in [6.07, 6.45) is -2.74. The van der Waals surface area contributed by atoms with E-state index in [9.17, 15) is 27.2 Å². The minimum Gasteiger partial charge on any atom is -0.326 e. The van der Waals surface area contributed by atoms with Crippen molar-refractivity contribution in [1.82, 2.24) is 4.98 Å². The van der Waals surface area contributed by atoms with Crippen LogP contribution in [-0.4, -0.2) is 10.9 Å². The number of nitrogens with one attached hydrogen (secondary N) is 2. The van der Waals surface area contributed by atoms with Gasteiger partial charge in [-0.3, -0.25) is 9.59 Å². The number of hydrogen-bond acceptors (Lipinski definition) is 2. The maximum absolute atomic E-state index is 14.2. The fourth-order valence-corrected chi connectivity index (χ4v) is 4.71. The van der Waals surface area contributed by atoms with Gasteiger partial charge in [-0.05, 0) is 48.8 Å². The molecule has 2 bridgehead atoms. The fraction of sp³-hybridized carbons (Fsp3) is 0.368. The zero-order valence-corrected chi connectivity index (χ0v) is 15.1. The van der Waals surface area contributed by atoms with Crippen molar-refractivity contribution in [1.29, 1.82) is 0 Å². The first-order valence-corrected chi connectivity index (χ1v) is 9.12. The quantitative estimate of drug-likeness (QED) is 0.711. The van der Waals surface area contributed by atoms with E-state index < -0.39 is 34.4 Å². The molecule has 1 amide bonds. The van der Waals surface area contributed by atoms with Gasteiger partial charge >= 0.3 is 6.18 Å². The summed E-state index contributed by atoms with van der Waals surface area (Å²) in [5, 5.41) is 1.72. The van der Waals surface area contributed by atoms with Gasteiger partial charge in [0.25, 0.3) is 0 Å². The van der Waals surface area contributed by atoms with Crippen LogP contribution in [0.15, 0.2) is 29.1 Å². The molecule has 2 aliphatic carbocycles. The number of carbonyl (C=O) groups excluding carboxylic acids is 1. The Kier molecular flexibility index (Phi) is 4.49. The van der Waals surface area contributed by atoms with Gasteiger partial charge in [0.15, 0.2) is 0 Å². The molecule has 3 unspecified atom stereocenters. The average molecular weight is 415 g/mol. The summed E-state index contributed by atoms with van der Waals surface area (Å²) in [6, 6.07) is 4.18. The SMILES string of the molecule is O=C(Nc1cc(Cl)c(C(F)(F)F)cc1F)C1C2CCC1c1ccc(=O)[nH]c1C2. The molecule has 2 aromatic rings. The second-order valence-electron chi connectivity index (χ2n) is 7.23. The maximum Gasteiger partial charge on any atom is 0.417 e. The molecule has 0 radical (unpaired) electrons. The topological polar surface area (TPSA) is 62.0 Å². The van der Waals surface area contributed by atoms with Gasteiger partial charge in [-0.1, -0.05) is 17.7 Å². The van der Waals surface area contributed by atoms with Gasteiger partial charge in [0, 0.05) is 17.7 Å². The Labute approximate surface area is 161 Å². The number of fused-ring (bicyclic) bond motifs is 4. The van der Waals surface area contributed by atoms with E-state index in [2.05, 4.69) is 10.3 Å². The molecule has 0 saturated heterocycles. The third-order valence-electron chi connectivity index (χ3n) is 5.62. The Morgan fingerprint density at radius 2 is 1.96 bits per heavy atom. The number of anilines is 1. The van der Waals surface area contributed by atoms with Crippen molar-refractivity contribution >= 4 is 23.2 Å². The van der Waals surface area contributed by atoms with E-state index in [0.717, 1.165) is 30.2 Å². The number of pyridine rings is 1. The second-order valence-corrected chi connectivity index (χ2v) is 7.64. The normalized spacial score (nSPS) is 23.4. The molecule has 1 heterocycles. The van der Waals surface area contributed by atoms with Gasteiger partial charge in [0.05, 0.1) is 16.3 Å². The number of aromatic amines is 1. The number of H-pyrrole nitrogens is 1. The Morgan fingerprint density at radius 1 is 1.21 bits per heavy atom. The summed E-state index contributed by atoms with van der Waals surface area (Å²) in [5.41, 5.74) is -0.176. The van der Waals surface area contributed by atoms with Crippen molar-refractivity contribution < 1.29 is 22.4 Å². The van der Waals surface area contributed by atoms with Crippen molar-refractivity contribution in [2.24, 2.45) is 11.8 Å². The third kappa shape index (κ3) is 3.19. The van der Waals surface area contributed by atoms with Crippen molar-refractivity contribution in [2.45, 2.75) is 31.4 Å². The summed E-state index contributed by atoms with van der Waals surface area (Å²) in [6.45, 7) is 0. The molecule has 1 aromatic carbocycles. The lowest BCUT2D eigenvalue weighted by Gasteiger charge is -2.30. The molecule has 1 aromatic heterocycles. The second kappa shape index (κ2) is 6.62. The highest BCUT2D eigenvalue weighted by atomic mass is 35.5. The van der Waals surface area contributed by atoms with Gasteiger partial charge in [-0.2, -0.15) is 13.2 Å². The number of benzene rings is 1. The lowest BCUT2D eigenvalue weighted by atomic mass is 9.76. The highest BCUT2D eigenvalue weighted by Crippen LogP contribution is 2.50. The van der Waals surface area contributed by atoms with E-state index >= 15 is 0 Å². The van der Waals surface area contributed by atoms with Gasteiger partial charge in [0.2, 0.25) is 11.5 Å². The Hall–Kier alpha value is -2.35. The first kappa shape index (κ1) is 19.0. The number of rotatable bonds is 2.